The zero-order chi connectivity index (χ0) is 34.8. The molecule has 1 aliphatic carbocycles. The van der Waals surface area contributed by atoms with Crippen LogP contribution in [0.1, 0.15) is 125 Å². The summed E-state index contributed by atoms with van der Waals surface area (Å²) in [4.78, 5) is 13.9. The number of fused-ring (bicyclic) bond motifs is 2. The lowest BCUT2D eigenvalue weighted by atomic mass is 9.84. The first-order chi connectivity index (χ1) is 24.3. The first kappa shape index (κ1) is 35.7. The highest BCUT2D eigenvalue weighted by Gasteiger charge is 2.29. The van der Waals surface area contributed by atoms with Crippen molar-refractivity contribution in [3.8, 4) is 11.5 Å². The molecule has 0 bridgehead atoms. The first-order valence-electron chi connectivity index (χ1n) is 18.9. The van der Waals surface area contributed by atoms with Crippen LogP contribution in [0.25, 0.3) is 6.08 Å². The molecule has 4 aromatic carbocycles. The number of carbonyl (C=O) groups excluding carboxylic acids is 1. The molecule has 1 amide bonds. The van der Waals surface area contributed by atoms with Crippen molar-refractivity contribution >= 4 is 17.7 Å². The van der Waals surface area contributed by atoms with Crippen LogP contribution in [0.15, 0.2) is 103 Å². The van der Waals surface area contributed by atoms with E-state index in [0.717, 1.165) is 51.8 Å². The summed E-state index contributed by atoms with van der Waals surface area (Å²) in [6, 6.07) is 33.1. The summed E-state index contributed by atoms with van der Waals surface area (Å²) >= 11 is 0. The quantitative estimate of drug-likeness (QED) is 0.136. The molecular weight excluding hydrogens is 615 g/mol. The smallest absolute Gasteiger partial charge is 0.225 e. The van der Waals surface area contributed by atoms with Crippen LogP contribution in [0.2, 0.25) is 0 Å². The number of amides is 1. The zero-order valence-corrected chi connectivity index (χ0v) is 30.4. The molecule has 0 aromatic heterocycles. The third-order valence-electron chi connectivity index (χ3n) is 10.4. The molecular formula is C46H55NO3. The fraction of sp³-hybridized carbons (Fsp3) is 0.413. The van der Waals surface area contributed by atoms with Crippen LogP contribution < -0.4 is 10.1 Å². The molecule has 0 spiro atoms. The fourth-order valence-electron chi connectivity index (χ4n) is 7.76. The summed E-state index contributed by atoms with van der Waals surface area (Å²) in [7, 11) is 0. The Bertz CT molecular complexity index is 1680. The molecule has 1 heterocycles. The number of nitrogens with one attached hydrogen (secondary N) is 1. The van der Waals surface area contributed by atoms with Crippen molar-refractivity contribution in [3.05, 3.63) is 130 Å². The number of carbonyl (C=O) groups is 1. The Morgan fingerprint density at radius 3 is 2.20 bits per heavy atom. The van der Waals surface area contributed by atoms with E-state index in [1.165, 1.54) is 68.9 Å². The van der Waals surface area contributed by atoms with Crippen LogP contribution in [-0.4, -0.2) is 12.5 Å². The van der Waals surface area contributed by atoms with Crippen molar-refractivity contribution in [2.24, 2.45) is 5.92 Å². The first-order valence-corrected chi connectivity index (χ1v) is 18.9. The van der Waals surface area contributed by atoms with Gasteiger partial charge in [0.15, 0.2) is 0 Å². The molecule has 50 heavy (non-hydrogen) atoms. The average Bonchev–Trinajstić information content (AvgIpc) is 3.12. The Balaban J connectivity index is 1.18. The number of benzene rings is 4. The number of unbranched alkanes of at least 4 members (excludes halogenated alkanes) is 2. The van der Waals surface area contributed by atoms with Gasteiger partial charge in [0.25, 0.3) is 0 Å². The second kappa shape index (κ2) is 17.2. The Labute approximate surface area is 300 Å². The van der Waals surface area contributed by atoms with E-state index in [4.69, 9.17) is 9.47 Å². The summed E-state index contributed by atoms with van der Waals surface area (Å²) < 4.78 is 12.5. The lowest BCUT2D eigenvalue weighted by molar-refractivity contribution is -0.116. The minimum Gasteiger partial charge on any atom is -0.457 e. The average molecular weight is 670 g/mol. The van der Waals surface area contributed by atoms with Gasteiger partial charge in [-0.1, -0.05) is 157 Å². The molecule has 1 saturated carbocycles. The Morgan fingerprint density at radius 1 is 0.820 bits per heavy atom. The van der Waals surface area contributed by atoms with Gasteiger partial charge in [-0.25, -0.2) is 0 Å². The van der Waals surface area contributed by atoms with Crippen LogP contribution >= 0.6 is 0 Å². The van der Waals surface area contributed by atoms with Gasteiger partial charge in [-0.05, 0) is 64.6 Å². The van der Waals surface area contributed by atoms with Crippen molar-refractivity contribution < 1.29 is 14.3 Å². The fourth-order valence-corrected chi connectivity index (χ4v) is 7.76. The van der Waals surface area contributed by atoms with E-state index < -0.39 is 0 Å². The molecule has 0 saturated heterocycles. The minimum atomic E-state index is -0.136. The van der Waals surface area contributed by atoms with E-state index >= 15 is 0 Å². The molecule has 1 fully saturated rings. The van der Waals surface area contributed by atoms with E-state index in [1.54, 1.807) is 0 Å². The van der Waals surface area contributed by atoms with Gasteiger partial charge in [0.1, 0.15) is 11.5 Å². The second-order valence-corrected chi connectivity index (χ2v) is 15.4. The van der Waals surface area contributed by atoms with Crippen molar-refractivity contribution in [1.29, 1.82) is 0 Å². The third kappa shape index (κ3) is 9.75. The van der Waals surface area contributed by atoms with Gasteiger partial charge in [-0.15, -0.1) is 0 Å². The van der Waals surface area contributed by atoms with E-state index in [2.05, 4.69) is 86.8 Å². The lowest BCUT2D eigenvalue weighted by Crippen LogP contribution is -2.22. The Hall–Kier alpha value is -4.15. The standard InChI is InChI=1S/C46H55NO3/c1-46(2,3)41-28-27-36(29-37(33-49-32-35-20-10-6-11-21-35)22-12-5-9-19-34-17-7-4-8-18-34)30-42(41)47-45(48)31-40-38-23-13-15-25-43(38)50-44-26-16-14-24-39(40)44/h6,10-11,13-16,20-21,23-30,34,40H,4-5,7-9,12,17-19,22,31-33H2,1-3H3,(H,47,48). The summed E-state index contributed by atoms with van der Waals surface area (Å²) in [5, 5.41) is 3.36. The molecule has 0 unspecified atom stereocenters. The van der Waals surface area contributed by atoms with Crippen molar-refractivity contribution in [3.63, 3.8) is 0 Å². The van der Waals surface area contributed by atoms with Crippen LogP contribution in [0.4, 0.5) is 5.69 Å². The highest BCUT2D eigenvalue weighted by atomic mass is 16.5. The molecule has 4 nitrogen and oxygen atoms in total. The van der Waals surface area contributed by atoms with Gasteiger partial charge < -0.3 is 14.8 Å². The van der Waals surface area contributed by atoms with Gasteiger partial charge in [0.05, 0.1) is 13.2 Å². The topological polar surface area (TPSA) is 47.6 Å². The van der Waals surface area contributed by atoms with Crippen LogP contribution in [0.3, 0.4) is 0 Å². The van der Waals surface area contributed by atoms with Crippen molar-refractivity contribution in [2.45, 2.75) is 109 Å². The second-order valence-electron chi connectivity index (χ2n) is 15.4. The molecule has 6 rings (SSSR count). The number of anilines is 1. The van der Waals surface area contributed by atoms with Crippen molar-refractivity contribution in [1.82, 2.24) is 0 Å². The van der Waals surface area contributed by atoms with E-state index in [9.17, 15) is 4.79 Å². The highest BCUT2D eigenvalue weighted by Crippen LogP contribution is 2.45. The maximum absolute atomic E-state index is 13.9. The molecule has 2 aliphatic rings. The van der Waals surface area contributed by atoms with Gasteiger partial charge in [0, 0.05) is 29.2 Å². The van der Waals surface area contributed by atoms with Gasteiger partial charge in [0.2, 0.25) is 5.91 Å². The van der Waals surface area contributed by atoms with Crippen LogP contribution in [0, 0.1) is 5.92 Å². The van der Waals surface area contributed by atoms with Crippen LogP contribution in [-0.2, 0) is 21.6 Å². The van der Waals surface area contributed by atoms with E-state index in [0.29, 0.717) is 19.6 Å². The number of hydrogen-bond acceptors (Lipinski definition) is 3. The minimum absolute atomic E-state index is 0.00230. The summed E-state index contributed by atoms with van der Waals surface area (Å²) in [5.74, 6) is 2.50. The van der Waals surface area contributed by atoms with Gasteiger partial charge >= 0.3 is 0 Å². The number of rotatable bonds is 14. The van der Waals surface area contributed by atoms with Crippen LogP contribution in [0.5, 0.6) is 11.5 Å². The van der Waals surface area contributed by atoms with Gasteiger partial charge in [-0.2, -0.15) is 0 Å². The molecule has 4 heteroatoms. The maximum atomic E-state index is 13.9. The maximum Gasteiger partial charge on any atom is 0.225 e. The summed E-state index contributed by atoms with van der Waals surface area (Å²) in [6.45, 7) is 7.81. The Kier molecular flexibility index (Phi) is 12.3. The molecule has 1 N–H and O–H groups in total. The normalized spacial score (nSPS) is 15.2. The van der Waals surface area contributed by atoms with Gasteiger partial charge in [-0.3, -0.25) is 4.79 Å². The predicted octanol–water partition coefficient (Wildman–Crippen LogP) is 12.4. The predicted molar refractivity (Wildman–Crippen MR) is 207 cm³/mol. The number of hydrogen-bond donors (Lipinski definition) is 1. The SMILES string of the molecule is CC(C)(C)c1ccc(C=C(CCCCCC2CCCCC2)COCc2ccccc2)cc1NC(=O)CC1c2ccccc2Oc2ccccc21. The highest BCUT2D eigenvalue weighted by molar-refractivity contribution is 5.93. The van der Waals surface area contributed by atoms with E-state index in [1.807, 2.05) is 42.5 Å². The molecule has 0 radical (unpaired) electrons. The molecule has 0 atom stereocenters. The molecule has 1 aliphatic heterocycles. The summed E-state index contributed by atoms with van der Waals surface area (Å²) in [5.41, 5.74) is 7.55. The summed E-state index contributed by atoms with van der Waals surface area (Å²) in [6.07, 6.45) is 15.9. The largest absolute Gasteiger partial charge is 0.457 e. The van der Waals surface area contributed by atoms with E-state index in [-0.39, 0.29) is 17.2 Å². The number of para-hydroxylation sites is 2. The third-order valence-corrected chi connectivity index (χ3v) is 10.4. The number of ether oxygens (including phenoxy) is 2. The molecule has 262 valence electrons. The van der Waals surface area contributed by atoms with Crippen molar-refractivity contribution in [2.75, 3.05) is 11.9 Å². The monoisotopic (exact) mass is 669 g/mol. The lowest BCUT2D eigenvalue weighted by Gasteiger charge is -2.28. The zero-order valence-electron chi connectivity index (χ0n) is 30.4. The molecule has 4 aromatic rings. The Morgan fingerprint density at radius 2 is 1.50 bits per heavy atom.